The Morgan fingerprint density at radius 3 is 2.33 bits per heavy atom. The minimum atomic E-state index is -4.15. The number of carbonyl (C=O) groups is 1. The van der Waals surface area contributed by atoms with E-state index in [1.807, 2.05) is 44.4 Å². The Balaban J connectivity index is 1.47. The van der Waals surface area contributed by atoms with Gasteiger partial charge in [0.1, 0.15) is 12.4 Å². The number of aromatic nitrogens is 4. The highest BCUT2D eigenvalue weighted by Crippen LogP contribution is 2.39. The molecule has 4 bridgehead atoms. The number of nitrogens with zero attached hydrogens (tertiary/aromatic N) is 5. The first kappa shape index (κ1) is 30.6. The molecule has 1 saturated carbocycles. The van der Waals surface area contributed by atoms with Crippen molar-refractivity contribution in [1.29, 1.82) is 0 Å². The minimum absolute atomic E-state index is 0.0755. The van der Waals surface area contributed by atoms with Gasteiger partial charge < -0.3 is 9.64 Å². The Morgan fingerprint density at radius 2 is 1.67 bits per heavy atom. The van der Waals surface area contributed by atoms with Gasteiger partial charge in [0, 0.05) is 29.6 Å². The second-order valence-corrected chi connectivity index (χ2v) is 14.9. The molecule has 3 heterocycles. The summed E-state index contributed by atoms with van der Waals surface area (Å²) in [6.07, 6.45) is 6.56. The van der Waals surface area contributed by atoms with Gasteiger partial charge in [-0.2, -0.15) is 4.98 Å². The molecule has 234 valence electrons. The molecule has 1 amide bonds. The van der Waals surface area contributed by atoms with Crippen molar-refractivity contribution in [3.63, 3.8) is 0 Å². The van der Waals surface area contributed by atoms with Gasteiger partial charge in [0.15, 0.2) is 0 Å². The highest BCUT2D eigenvalue weighted by Gasteiger charge is 2.32. The van der Waals surface area contributed by atoms with Crippen LogP contribution in [0.2, 0.25) is 0 Å². The van der Waals surface area contributed by atoms with Crippen molar-refractivity contribution in [3.05, 3.63) is 89.0 Å². The number of anilines is 1. The zero-order valence-corrected chi connectivity index (χ0v) is 27.1. The van der Waals surface area contributed by atoms with Crippen LogP contribution in [0.4, 0.5) is 5.95 Å². The largest absolute Gasteiger partial charge is 0.475 e. The van der Waals surface area contributed by atoms with E-state index in [4.69, 9.17) is 4.74 Å². The number of nitrogens with one attached hydrogen (secondary N) is 1. The van der Waals surface area contributed by atoms with E-state index >= 15 is 0 Å². The lowest BCUT2D eigenvalue weighted by molar-refractivity contribution is 0.0505. The van der Waals surface area contributed by atoms with Crippen LogP contribution in [-0.4, -0.2) is 51.8 Å². The highest BCUT2D eigenvalue weighted by atomic mass is 32.2. The van der Waals surface area contributed by atoms with Gasteiger partial charge in [0.2, 0.25) is 11.8 Å². The van der Waals surface area contributed by atoms with E-state index in [9.17, 15) is 13.2 Å². The van der Waals surface area contributed by atoms with Crippen LogP contribution in [0.15, 0.2) is 65.8 Å². The molecule has 0 spiro atoms. The molecule has 1 fully saturated rings. The van der Waals surface area contributed by atoms with Gasteiger partial charge in [0.05, 0.1) is 23.2 Å². The fraction of sp³-hybridized carbons (Fsp3) is 0.382. The number of rotatable bonds is 5. The predicted molar refractivity (Wildman–Crippen MR) is 171 cm³/mol. The summed E-state index contributed by atoms with van der Waals surface area (Å²) >= 11 is 0. The zero-order chi connectivity index (χ0) is 31.9. The van der Waals surface area contributed by atoms with Gasteiger partial charge >= 0.3 is 0 Å². The van der Waals surface area contributed by atoms with Crippen molar-refractivity contribution >= 4 is 21.9 Å². The normalized spacial score (nSPS) is 18.2. The Bertz CT molecular complexity index is 1830. The summed E-state index contributed by atoms with van der Waals surface area (Å²) in [5.74, 6) is 0.756. The van der Waals surface area contributed by atoms with Crippen LogP contribution < -0.4 is 9.46 Å². The number of carbonyl (C=O) groups excluding carboxylic acids is 1. The molecule has 6 rings (SSSR count). The smallest absolute Gasteiger partial charge is 0.264 e. The lowest BCUT2D eigenvalue weighted by Crippen LogP contribution is -2.45. The van der Waals surface area contributed by atoms with E-state index < -0.39 is 16.1 Å². The summed E-state index contributed by atoms with van der Waals surface area (Å²) in [4.78, 5) is 34.2. The monoisotopic (exact) mass is 626 g/mol. The van der Waals surface area contributed by atoms with Crippen molar-refractivity contribution in [2.24, 2.45) is 5.41 Å². The molecule has 1 N–H and O–H groups in total. The van der Waals surface area contributed by atoms with Crippen LogP contribution >= 0.6 is 0 Å². The van der Waals surface area contributed by atoms with Gasteiger partial charge in [-0.1, -0.05) is 45.0 Å². The molecule has 45 heavy (non-hydrogen) atoms. The standard InChI is InChI=1S/C34H38N6O4S/c1-21-8-6-9-22(2)31(21)28-15-30-38-33(37-28)39-45(42,43)27-11-7-10-24(14-27)32(41)40(26(20-44-30)16-34(3,4)5)19-29-35-17-25(18-36-29)23-12-13-23/h6-11,14-15,17-18,23,26H,12-13,16,19-20H2,1-5H3,(H,37,38,39)/t26-/m1/s1. The number of amides is 1. The summed E-state index contributed by atoms with van der Waals surface area (Å²) in [6, 6.07) is 13.2. The summed E-state index contributed by atoms with van der Waals surface area (Å²) < 4.78 is 36.1. The first-order valence-electron chi connectivity index (χ1n) is 15.2. The van der Waals surface area contributed by atoms with Gasteiger partial charge in [-0.05, 0) is 79.3 Å². The molecule has 2 aromatic carbocycles. The third-order valence-corrected chi connectivity index (χ3v) is 9.44. The lowest BCUT2D eigenvalue weighted by Gasteiger charge is -2.35. The molecule has 1 aliphatic heterocycles. The van der Waals surface area contributed by atoms with Gasteiger partial charge in [-0.25, -0.2) is 28.1 Å². The van der Waals surface area contributed by atoms with E-state index in [0.29, 0.717) is 23.9 Å². The van der Waals surface area contributed by atoms with Crippen molar-refractivity contribution in [3.8, 4) is 17.1 Å². The maximum atomic E-state index is 14.3. The average Bonchev–Trinajstić information content (AvgIpc) is 3.83. The fourth-order valence-electron chi connectivity index (χ4n) is 5.77. The first-order chi connectivity index (χ1) is 21.4. The average molecular weight is 627 g/mol. The molecule has 0 unspecified atom stereocenters. The number of ether oxygens (including phenoxy) is 1. The van der Waals surface area contributed by atoms with E-state index in [1.54, 1.807) is 23.1 Å². The van der Waals surface area contributed by atoms with E-state index in [-0.39, 0.29) is 46.8 Å². The van der Waals surface area contributed by atoms with E-state index in [0.717, 1.165) is 35.1 Å². The van der Waals surface area contributed by atoms with Crippen LogP contribution in [0.5, 0.6) is 5.88 Å². The van der Waals surface area contributed by atoms with Crippen LogP contribution in [0, 0.1) is 19.3 Å². The SMILES string of the molecule is Cc1cccc(C)c1-c1cc2nc(n1)NS(=O)(=O)c1cccc(c1)C(=O)N(Cc1ncc(C3CC3)cn1)[C@H](CC(C)(C)C)CO2. The second kappa shape index (κ2) is 11.8. The Labute approximate surface area is 264 Å². The van der Waals surface area contributed by atoms with Crippen molar-refractivity contribution in [2.75, 3.05) is 11.3 Å². The summed E-state index contributed by atoms with van der Waals surface area (Å²) in [6.45, 7) is 10.5. The Kier molecular flexibility index (Phi) is 8.07. The van der Waals surface area contributed by atoms with Crippen LogP contribution in [0.1, 0.15) is 78.8 Å². The molecule has 1 atom stereocenters. The molecule has 1 aliphatic carbocycles. The van der Waals surface area contributed by atoms with Crippen molar-refractivity contribution < 1.29 is 17.9 Å². The lowest BCUT2D eigenvalue weighted by atomic mass is 9.87. The Morgan fingerprint density at radius 1 is 0.978 bits per heavy atom. The molecular weight excluding hydrogens is 588 g/mol. The number of aryl methyl sites for hydroxylation is 2. The Hall–Kier alpha value is -4.38. The van der Waals surface area contributed by atoms with Crippen LogP contribution in [-0.2, 0) is 16.6 Å². The number of benzene rings is 2. The topological polar surface area (TPSA) is 127 Å². The molecule has 2 aromatic heterocycles. The molecule has 4 aromatic rings. The van der Waals surface area contributed by atoms with E-state index in [1.165, 1.54) is 12.1 Å². The predicted octanol–water partition coefficient (Wildman–Crippen LogP) is 6.07. The van der Waals surface area contributed by atoms with Gasteiger partial charge in [-0.3, -0.25) is 4.79 Å². The minimum Gasteiger partial charge on any atom is -0.475 e. The molecule has 11 heteroatoms. The maximum absolute atomic E-state index is 14.3. The molecule has 0 radical (unpaired) electrons. The first-order valence-corrected chi connectivity index (χ1v) is 16.7. The van der Waals surface area contributed by atoms with E-state index in [2.05, 4.69) is 45.4 Å². The number of sulfonamides is 1. The maximum Gasteiger partial charge on any atom is 0.264 e. The molecule has 0 saturated heterocycles. The summed E-state index contributed by atoms with van der Waals surface area (Å²) in [7, 11) is -4.15. The van der Waals surface area contributed by atoms with Gasteiger partial charge in [-0.15, -0.1) is 0 Å². The second-order valence-electron chi connectivity index (χ2n) is 13.2. The highest BCUT2D eigenvalue weighted by molar-refractivity contribution is 7.92. The summed E-state index contributed by atoms with van der Waals surface area (Å²) in [5.41, 5.74) is 4.52. The number of hydrogen-bond donors (Lipinski definition) is 1. The van der Waals surface area contributed by atoms with Crippen molar-refractivity contribution in [2.45, 2.75) is 77.3 Å². The zero-order valence-electron chi connectivity index (χ0n) is 26.2. The summed E-state index contributed by atoms with van der Waals surface area (Å²) in [5, 5.41) is 0. The molecule has 2 aliphatic rings. The molecule has 10 nitrogen and oxygen atoms in total. The van der Waals surface area contributed by atoms with Crippen molar-refractivity contribution in [1.82, 2.24) is 24.8 Å². The fourth-order valence-corrected chi connectivity index (χ4v) is 6.76. The molecular formula is C34H38N6O4S. The van der Waals surface area contributed by atoms with Crippen LogP contribution in [0.3, 0.4) is 0 Å². The van der Waals surface area contributed by atoms with Crippen LogP contribution in [0.25, 0.3) is 11.3 Å². The number of fused-ring (bicyclic) bond motifs is 4. The van der Waals surface area contributed by atoms with Gasteiger partial charge in [0.25, 0.3) is 15.9 Å². The third kappa shape index (κ3) is 6.98. The number of hydrogen-bond acceptors (Lipinski definition) is 8. The quantitative estimate of drug-likeness (QED) is 0.283. The third-order valence-electron chi connectivity index (χ3n) is 8.12.